The van der Waals surface area contributed by atoms with Gasteiger partial charge in [0.05, 0.1) is 19.8 Å². The van der Waals surface area contributed by atoms with Crippen molar-refractivity contribution < 1.29 is 33.2 Å². The Kier molecular flexibility index (Phi) is 6.29. The molecule has 2 saturated heterocycles. The van der Waals surface area contributed by atoms with Gasteiger partial charge in [0.15, 0.2) is 11.5 Å². The lowest BCUT2D eigenvalue weighted by Crippen LogP contribution is -2.53. The van der Waals surface area contributed by atoms with Gasteiger partial charge in [0.1, 0.15) is 18.0 Å². The monoisotopic (exact) mass is 456 g/mol. The van der Waals surface area contributed by atoms with E-state index in [2.05, 4.69) is 5.16 Å². The molecular formula is C22H24N4O7. The van der Waals surface area contributed by atoms with Crippen LogP contribution in [0, 0.1) is 0 Å². The molecule has 3 heterocycles. The highest BCUT2D eigenvalue weighted by atomic mass is 16.5. The van der Waals surface area contributed by atoms with Gasteiger partial charge in [0.25, 0.3) is 5.91 Å². The van der Waals surface area contributed by atoms with Crippen molar-refractivity contribution in [1.82, 2.24) is 19.9 Å². The molecule has 0 bridgehead atoms. The first kappa shape index (κ1) is 22.3. The minimum atomic E-state index is -0.323. The Bertz CT molecular complexity index is 1070. The zero-order valence-electron chi connectivity index (χ0n) is 18.4. The van der Waals surface area contributed by atoms with Crippen LogP contribution < -0.4 is 9.47 Å². The third kappa shape index (κ3) is 4.52. The number of methoxy groups -OCH3 is 2. The van der Waals surface area contributed by atoms with Gasteiger partial charge >= 0.3 is 0 Å². The number of carbonyl (C=O) groups is 4. The van der Waals surface area contributed by atoms with Crippen molar-refractivity contribution >= 4 is 23.6 Å². The number of benzene rings is 1. The van der Waals surface area contributed by atoms with Crippen LogP contribution in [0.5, 0.6) is 11.5 Å². The van der Waals surface area contributed by atoms with E-state index >= 15 is 0 Å². The summed E-state index contributed by atoms with van der Waals surface area (Å²) in [6.45, 7) is 0.958. The molecule has 2 aliphatic rings. The molecule has 2 aromatic rings. The predicted molar refractivity (Wildman–Crippen MR) is 113 cm³/mol. The first-order valence-corrected chi connectivity index (χ1v) is 10.5. The Morgan fingerprint density at radius 1 is 0.970 bits per heavy atom. The Labute approximate surface area is 189 Å². The van der Waals surface area contributed by atoms with E-state index in [0.29, 0.717) is 49.0 Å². The number of ether oxygens (including phenoxy) is 2. The van der Waals surface area contributed by atoms with Gasteiger partial charge in [-0.15, -0.1) is 0 Å². The summed E-state index contributed by atoms with van der Waals surface area (Å²) in [4.78, 5) is 53.0. The van der Waals surface area contributed by atoms with E-state index in [1.54, 1.807) is 41.2 Å². The van der Waals surface area contributed by atoms with Crippen LogP contribution in [0.1, 0.15) is 23.3 Å². The molecule has 174 valence electrons. The maximum Gasteiger partial charge on any atom is 0.276 e. The molecule has 4 rings (SSSR count). The Morgan fingerprint density at radius 3 is 2.27 bits per heavy atom. The fourth-order valence-electron chi connectivity index (χ4n) is 3.86. The van der Waals surface area contributed by atoms with Crippen LogP contribution in [0.15, 0.2) is 28.8 Å². The van der Waals surface area contributed by atoms with Gasteiger partial charge in [-0.3, -0.25) is 24.1 Å². The first-order valence-electron chi connectivity index (χ1n) is 10.5. The van der Waals surface area contributed by atoms with Crippen molar-refractivity contribution in [2.75, 3.05) is 46.9 Å². The zero-order chi connectivity index (χ0) is 23.5. The van der Waals surface area contributed by atoms with Gasteiger partial charge in [-0.05, 0) is 18.2 Å². The van der Waals surface area contributed by atoms with E-state index in [-0.39, 0.29) is 48.7 Å². The van der Waals surface area contributed by atoms with Gasteiger partial charge in [0, 0.05) is 45.1 Å². The average molecular weight is 456 g/mol. The number of rotatable bonds is 6. The highest BCUT2D eigenvalue weighted by Gasteiger charge is 2.33. The zero-order valence-corrected chi connectivity index (χ0v) is 18.4. The summed E-state index contributed by atoms with van der Waals surface area (Å²) in [7, 11) is 3.08. The molecule has 33 heavy (non-hydrogen) atoms. The predicted octanol–water partition coefficient (Wildman–Crippen LogP) is 0.792. The van der Waals surface area contributed by atoms with Crippen LogP contribution in [-0.4, -0.2) is 90.4 Å². The summed E-state index contributed by atoms with van der Waals surface area (Å²) in [5.74, 6) is 0.251. The topological polar surface area (TPSA) is 122 Å². The number of likely N-dealkylation sites (tertiary alicyclic amines) is 1. The van der Waals surface area contributed by atoms with Crippen molar-refractivity contribution in [3.63, 3.8) is 0 Å². The number of hydrogen-bond donors (Lipinski definition) is 0. The summed E-state index contributed by atoms with van der Waals surface area (Å²) in [6, 6.07) is 6.76. The van der Waals surface area contributed by atoms with E-state index in [1.165, 1.54) is 7.11 Å². The van der Waals surface area contributed by atoms with E-state index in [4.69, 9.17) is 14.0 Å². The van der Waals surface area contributed by atoms with E-state index in [9.17, 15) is 19.2 Å². The molecule has 0 atom stereocenters. The number of aromatic nitrogens is 1. The summed E-state index contributed by atoms with van der Waals surface area (Å²) in [5.41, 5.74) is 0.743. The van der Waals surface area contributed by atoms with Crippen molar-refractivity contribution in [2.24, 2.45) is 0 Å². The van der Waals surface area contributed by atoms with Crippen molar-refractivity contribution in [3.05, 3.63) is 30.0 Å². The Hall–Kier alpha value is -3.89. The second-order valence-corrected chi connectivity index (χ2v) is 7.69. The molecule has 0 N–H and O–H groups in total. The molecule has 11 heteroatoms. The molecule has 2 aliphatic heterocycles. The van der Waals surface area contributed by atoms with Crippen LogP contribution >= 0.6 is 0 Å². The summed E-state index contributed by atoms with van der Waals surface area (Å²) >= 11 is 0. The molecule has 0 unspecified atom stereocenters. The minimum Gasteiger partial charge on any atom is -0.497 e. The molecule has 0 radical (unpaired) electrons. The lowest BCUT2D eigenvalue weighted by Gasteiger charge is -2.34. The number of nitrogens with zero attached hydrogens (tertiary/aromatic N) is 4. The van der Waals surface area contributed by atoms with Crippen molar-refractivity contribution in [1.29, 1.82) is 0 Å². The van der Waals surface area contributed by atoms with E-state index in [1.807, 2.05) is 0 Å². The van der Waals surface area contributed by atoms with Crippen LogP contribution in [-0.2, 0) is 14.4 Å². The molecular weight excluding hydrogens is 432 g/mol. The molecule has 1 aromatic carbocycles. The van der Waals surface area contributed by atoms with Gasteiger partial charge in [-0.2, -0.15) is 0 Å². The SMILES string of the molecule is COc1ccc(OC)c(-c2cc(C(=O)N3CCN(C(=O)CN4C(=O)CCC4=O)CC3)no2)c1. The first-order chi connectivity index (χ1) is 15.9. The van der Waals surface area contributed by atoms with E-state index < -0.39 is 0 Å². The lowest BCUT2D eigenvalue weighted by molar-refractivity contribution is -0.146. The quantitative estimate of drug-likeness (QED) is 0.585. The molecule has 1 aromatic heterocycles. The highest BCUT2D eigenvalue weighted by Crippen LogP contribution is 2.34. The fraction of sp³-hybridized carbons (Fsp3) is 0.409. The number of piperazine rings is 1. The third-order valence-electron chi connectivity index (χ3n) is 5.77. The number of imide groups is 1. The van der Waals surface area contributed by atoms with Crippen molar-refractivity contribution in [3.8, 4) is 22.8 Å². The van der Waals surface area contributed by atoms with Crippen LogP contribution in [0.2, 0.25) is 0 Å². The maximum absolute atomic E-state index is 12.9. The second-order valence-electron chi connectivity index (χ2n) is 7.69. The normalized spacial score (nSPS) is 16.4. The highest BCUT2D eigenvalue weighted by molar-refractivity contribution is 6.04. The lowest BCUT2D eigenvalue weighted by atomic mass is 10.1. The molecule has 2 fully saturated rings. The molecule has 11 nitrogen and oxygen atoms in total. The smallest absolute Gasteiger partial charge is 0.276 e. The number of amides is 4. The molecule has 0 saturated carbocycles. The Balaban J connectivity index is 1.38. The fourth-order valence-corrected chi connectivity index (χ4v) is 3.86. The minimum absolute atomic E-state index is 0.142. The second kappa shape index (κ2) is 9.31. The summed E-state index contributed by atoms with van der Waals surface area (Å²) < 4.78 is 16.0. The number of carbonyl (C=O) groups excluding carboxylic acids is 4. The van der Waals surface area contributed by atoms with Crippen LogP contribution in [0.3, 0.4) is 0 Å². The van der Waals surface area contributed by atoms with Crippen molar-refractivity contribution in [2.45, 2.75) is 12.8 Å². The van der Waals surface area contributed by atoms with Crippen LogP contribution in [0.4, 0.5) is 0 Å². The standard InChI is InChI=1S/C22H24N4O7/c1-31-14-3-4-17(32-2)15(11-14)18-12-16(23-33-18)22(30)25-9-7-24(8-10-25)21(29)13-26-19(27)5-6-20(26)28/h3-4,11-12H,5-10,13H2,1-2H3. The van der Waals surface area contributed by atoms with Crippen LogP contribution in [0.25, 0.3) is 11.3 Å². The largest absolute Gasteiger partial charge is 0.497 e. The maximum atomic E-state index is 12.9. The van der Waals surface area contributed by atoms with Gasteiger partial charge in [-0.1, -0.05) is 5.16 Å². The Morgan fingerprint density at radius 2 is 1.64 bits per heavy atom. The van der Waals surface area contributed by atoms with Gasteiger partial charge in [0.2, 0.25) is 17.7 Å². The summed E-state index contributed by atoms with van der Waals surface area (Å²) in [5, 5.41) is 3.91. The number of hydrogen-bond acceptors (Lipinski definition) is 8. The average Bonchev–Trinajstić information content (AvgIpc) is 3.46. The van der Waals surface area contributed by atoms with E-state index in [0.717, 1.165) is 4.90 Å². The molecule has 0 aliphatic carbocycles. The van der Waals surface area contributed by atoms with Gasteiger partial charge < -0.3 is 23.8 Å². The van der Waals surface area contributed by atoms with Gasteiger partial charge in [-0.25, -0.2) is 0 Å². The summed E-state index contributed by atoms with van der Waals surface area (Å²) in [6.07, 6.45) is 0.297. The molecule has 0 spiro atoms. The third-order valence-corrected chi connectivity index (χ3v) is 5.77. The molecule has 4 amide bonds.